The molecule has 0 aromatic heterocycles. The van der Waals surface area contributed by atoms with Gasteiger partial charge in [0, 0.05) is 12.5 Å². The van der Waals surface area contributed by atoms with Crippen molar-refractivity contribution >= 4 is 0 Å². The molecule has 4 unspecified atom stereocenters. The summed E-state index contributed by atoms with van der Waals surface area (Å²) in [4.78, 5) is 0. The summed E-state index contributed by atoms with van der Waals surface area (Å²) < 4.78 is 0. The van der Waals surface area contributed by atoms with Crippen molar-refractivity contribution in [3.8, 4) is 0 Å². The van der Waals surface area contributed by atoms with Crippen LogP contribution in [-0.2, 0) is 0 Å². The average molecular weight is 189 g/mol. The van der Waals surface area contributed by atoms with Crippen LogP contribution in [0.15, 0.2) is 0 Å². The van der Waals surface area contributed by atoms with Crippen molar-refractivity contribution < 1.29 is 15.3 Å². The van der Waals surface area contributed by atoms with Gasteiger partial charge in [0.15, 0.2) is 0 Å². The Hall–Kier alpha value is -0.160. The summed E-state index contributed by atoms with van der Waals surface area (Å²) in [6, 6.07) is -0.259. The van der Waals surface area contributed by atoms with Crippen LogP contribution in [0.25, 0.3) is 0 Å². The smallest absolute Gasteiger partial charge is 0.0740 e. The first-order chi connectivity index (χ1) is 6.19. The van der Waals surface area contributed by atoms with Crippen molar-refractivity contribution in [3.05, 3.63) is 0 Å². The standard InChI is InChI=1S/C9H19NO3/c1-2-3-6-8(12)4-9(13)7(5-11)10-6/h6-13H,2-5H2,1H3. The van der Waals surface area contributed by atoms with Gasteiger partial charge in [0.25, 0.3) is 0 Å². The van der Waals surface area contributed by atoms with Gasteiger partial charge in [-0.1, -0.05) is 13.3 Å². The largest absolute Gasteiger partial charge is 0.395 e. The van der Waals surface area contributed by atoms with E-state index in [4.69, 9.17) is 5.11 Å². The summed E-state index contributed by atoms with van der Waals surface area (Å²) in [7, 11) is 0. The maximum absolute atomic E-state index is 9.58. The quantitative estimate of drug-likeness (QED) is 0.470. The van der Waals surface area contributed by atoms with Crippen molar-refractivity contribution in [2.75, 3.05) is 6.61 Å². The SMILES string of the molecule is CCCC1NC(CO)C(O)CC1O. The monoisotopic (exact) mass is 189 g/mol. The molecule has 0 amide bonds. The van der Waals surface area contributed by atoms with Gasteiger partial charge >= 0.3 is 0 Å². The van der Waals surface area contributed by atoms with E-state index in [2.05, 4.69) is 5.32 Å². The van der Waals surface area contributed by atoms with E-state index in [1.54, 1.807) is 0 Å². The molecule has 0 aliphatic carbocycles. The third-order valence-electron chi connectivity index (χ3n) is 2.64. The Morgan fingerprint density at radius 2 is 1.85 bits per heavy atom. The van der Waals surface area contributed by atoms with E-state index in [1.165, 1.54) is 0 Å². The summed E-state index contributed by atoms with van der Waals surface area (Å²) in [5, 5.41) is 31.0. The van der Waals surface area contributed by atoms with Crippen molar-refractivity contribution in [2.24, 2.45) is 0 Å². The third-order valence-corrected chi connectivity index (χ3v) is 2.64. The summed E-state index contributed by atoms with van der Waals surface area (Å²) in [5.41, 5.74) is 0. The van der Waals surface area contributed by atoms with Crippen molar-refractivity contribution in [1.82, 2.24) is 5.32 Å². The third kappa shape index (κ3) is 2.64. The topological polar surface area (TPSA) is 72.7 Å². The van der Waals surface area contributed by atoms with Gasteiger partial charge in [-0.2, -0.15) is 0 Å². The number of hydrogen-bond donors (Lipinski definition) is 4. The van der Waals surface area contributed by atoms with Crippen LogP contribution in [-0.4, -0.2) is 46.2 Å². The molecule has 1 aliphatic rings. The maximum atomic E-state index is 9.58. The minimum absolute atomic E-state index is 0.0190. The van der Waals surface area contributed by atoms with Crippen LogP contribution in [0, 0.1) is 0 Å². The minimum Gasteiger partial charge on any atom is -0.395 e. The van der Waals surface area contributed by atoms with E-state index >= 15 is 0 Å². The number of nitrogens with one attached hydrogen (secondary N) is 1. The molecular weight excluding hydrogens is 170 g/mol. The molecule has 4 nitrogen and oxygen atoms in total. The van der Waals surface area contributed by atoms with Crippen LogP contribution in [0.4, 0.5) is 0 Å². The van der Waals surface area contributed by atoms with Crippen molar-refractivity contribution in [3.63, 3.8) is 0 Å². The number of hydrogen-bond acceptors (Lipinski definition) is 4. The van der Waals surface area contributed by atoms with Gasteiger partial charge < -0.3 is 20.6 Å². The molecule has 1 saturated heterocycles. The number of aliphatic hydroxyl groups is 3. The van der Waals surface area contributed by atoms with E-state index in [0.29, 0.717) is 6.42 Å². The lowest BCUT2D eigenvalue weighted by molar-refractivity contribution is -0.0211. The van der Waals surface area contributed by atoms with Gasteiger partial charge in [-0.25, -0.2) is 0 Å². The highest BCUT2D eigenvalue weighted by Gasteiger charge is 2.33. The molecular formula is C9H19NO3. The van der Waals surface area contributed by atoms with Crippen LogP contribution in [0.1, 0.15) is 26.2 Å². The molecule has 4 heteroatoms. The highest BCUT2D eigenvalue weighted by molar-refractivity contribution is 4.91. The molecule has 1 heterocycles. The van der Waals surface area contributed by atoms with Crippen LogP contribution in [0.3, 0.4) is 0 Å². The first-order valence-electron chi connectivity index (χ1n) is 4.92. The second-order valence-corrected chi connectivity index (χ2v) is 3.72. The number of aliphatic hydroxyl groups excluding tert-OH is 3. The molecule has 0 spiro atoms. The van der Waals surface area contributed by atoms with Gasteiger partial charge in [-0.15, -0.1) is 0 Å². The molecule has 0 saturated carbocycles. The van der Waals surface area contributed by atoms with E-state index in [-0.39, 0.29) is 18.7 Å². The lowest BCUT2D eigenvalue weighted by atomic mass is 9.91. The Morgan fingerprint density at radius 3 is 2.38 bits per heavy atom. The van der Waals surface area contributed by atoms with E-state index in [0.717, 1.165) is 12.8 Å². The number of rotatable bonds is 3. The van der Waals surface area contributed by atoms with Crippen LogP contribution >= 0.6 is 0 Å². The van der Waals surface area contributed by atoms with Crippen LogP contribution in [0.2, 0.25) is 0 Å². The van der Waals surface area contributed by atoms with Gasteiger partial charge in [0.2, 0.25) is 0 Å². The summed E-state index contributed by atoms with van der Waals surface area (Å²) in [6.45, 7) is 1.97. The molecule has 0 aromatic carbocycles. The average Bonchev–Trinajstić information content (AvgIpc) is 2.10. The Bertz CT molecular complexity index is 154. The fourth-order valence-corrected chi connectivity index (χ4v) is 1.83. The molecule has 78 valence electrons. The molecule has 0 aromatic rings. The zero-order chi connectivity index (χ0) is 9.84. The lowest BCUT2D eigenvalue weighted by Gasteiger charge is -2.37. The maximum Gasteiger partial charge on any atom is 0.0740 e. The Kier molecular flexibility index (Phi) is 4.12. The Balaban J connectivity index is 2.48. The predicted octanol–water partition coefficient (Wildman–Crippen LogP) is -0.769. The van der Waals surface area contributed by atoms with Gasteiger partial charge in [0.1, 0.15) is 0 Å². The normalized spacial score (nSPS) is 40.6. The second kappa shape index (κ2) is 4.91. The molecule has 1 aliphatic heterocycles. The number of piperidine rings is 1. The summed E-state index contributed by atoms with van der Waals surface area (Å²) in [5.74, 6) is 0. The highest BCUT2D eigenvalue weighted by Crippen LogP contribution is 2.17. The zero-order valence-electron chi connectivity index (χ0n) is 7.98. The van der Waals surface area contributed by atoms with E-state index in [1.807, 2.05) is 6.92 Å². The Morgan fingerprint density at radius 1 is 1.23 bits per heavy atom. The molecule has 0 radical (unpaired) electrons. The molecule has 13 heavy (non-hydrogen) atoms. The predicted molar refractivity (Wildman–Crippen MR) is 49.3 cm³/mol. The summed E-state index contributed by atoms with van der Waals surface area (Å²) >= 11 is 0. The fourth-order valence-electron chi connectivity index (χ4n) is 1.83. The van der Waals surface area contributed by atoms with E-state index in [9.17, 15) is 10.2 Å². The second-order valence-electron chi connectivity index (χ2n) is 3.72. The lowest BCUT2D eigenvalue weighted by Crippen LogP contribution is -2.58. The van der Waals surface area contributed by atoms with Gasteiger partial charge in [-0.05, 0) is 6.42 Å². The Labute approximate surface area is 78.6 Å². The molecule has 1 rings (SSSR count). The fraction of sp³-hybridized carbons (Fsp3) is 1.00. The van der Waals surface area contributed by atoms with Gasteiger partial charge in [-0.3, -0.25) is 0 Å². The highest BCUT2D eigenvalue weighted by atomic mass is 16.3. The molecule has 0 bridgehead atoms. The molecule has 4 N–H and O–H groups in total. The van der Waals surface area contributed by atoms with Crippen LogP contribution in [0.5, 0.6) is 0 Å². The summed E-state index contributed by atoms with van der Waals surface area (Å²) in [6.07, 6.45) is 1.11. The molecule has 1 fully saturated rings. The van der Waals surface area contributed by atoms with Crippen molar-refractivity contribution in [2.45, 2.75) is 50.5 Å². The van der Waals surface area contributed by atoms with Gasteiger partial charge in [0.05, 0.1) is 24.9 Å². The first kappa shape index (κ1) is 10.9. The van der Waals surface area contributed by atoms with E-state index < -0.39 is 12.2 Å². The van der Waals surface area contributed by atoms with Crippen molar-refractivity contribution in [1.29, 1.82) is 0 Å². The minimum atomic E-state index is -0.631. The van der Waals surface area contributed by atoms with Crippen LogP contribution < -0.4 is 5.32 Å². The zero-order valence-corrected chi connectivity index (χ0v) is 7.98. The first-order valence-corrected chi connectivity index (χ1v) is 4.92. The molecule has 4 atom stereocenters.